The number of nitrogens with zero attached hydrogens (tertiary/aromatic N) is 1. The van der Waals surface area contributed by atoms with Crippen molar-refractivity contribution in [3.8, 4) is 0 Å². The van der Waals surface area contributed by atoms with E-state index in [4.69, 9.17) is 0 Å². The first-order valence-corrected chi connectivity index (χ1v) is 6.16. The van der Waals surface area contributed by atoms with E-state index in [-0.39, 0.29) is 5.91 Å². The van der Waals surface area contributed by atoms with Crippen LogP contribution in [0.3, 0.4) is 0 Å². The highest BCUT2D eigenvalue weighted by Crippen LogP contribution is 2.04. The Balaban J connectivity index is 1.76. The van der Waals surface area contributed by atoms with Crippen LogP contribution in [-0.2, 0) is 11.2 Å². The molecule has 1 fully saturated rings. The lowest BCUT2D eigenvalue weighted by molar-refractivity contribution is -0.121. The van der Waals surface area contributed by atoms with Crippen LogP contribution in [0.5, 0.6) is 0 Å². The van der Waals surface area contributed by atoms with Gasteiger partial charge >= 0.3 is 0 Å². The number of carbonyl (C=O) groups is 1. The maximum absolute atomic E-state index is 11.6. The van der Waals surface area contributed by atoms with E-state index in [9.17, 15) is 4.79 Å². The van der Waals surface area contributed by atoms with Gasteiger partial charge in [-0.1, -0.05) is 0 Å². The van der Waals surface area contributed by atoms with Crippen LogP contribution in [-0.4, -0.2) is 30.0 Å². The van der Waals surface area contributed by atoms with Crippen LogP contribution in [0.15, 0.2) is 10.9 Å². The SMILES string of the molecule is O=C(Cc1cscn1)NC1CCNCC1. The zero-order chi connectivity index (χ0) is 10.5. The zero-order valence-corrected chi connectivity index (χ0v) is 9.35. The Hall–Kier alpha value is -0.940. The van der Waals surface area contributed by atoms with Crippen LogP contribution in [0, 0.1) is 0 Å². The zero-order valence-electron chi connectivity index (χ0n) is 8.53. The molecule has 0 atom stereocenters. The van der Waals surface area contributed by atoms with Crippen LogP contribution in [0.4, 0.5) is 0 Å². The summed E-state index contributed by atoms with van der Waals surface area (Å²) in [4.78, 5) is 15.7. The second kappa shape index (κ2) is 5.23. The van der Waals surface area contributed by atoms with Gasteiger partial charge in [-0.3, -0.25) is 4.79 Å². The Morgan fingerprint density at radius 2 is 2.40 bits per heavy atom. The van der Waals surface area contributed by atoms with Crippen LogP contribution in [0.1, 0.15) is 18.5 Å². The van der Waals surface area contributed by atoms with E-state index in [1.807, 2.05) is 5.38 Å². The fourth-order valence-corrected chi connectivity index (χ4v) is 2.29. The van der Waals surface area contributed by atoms with Crippen molar-refractivity contribution in [2.45, 2.75) is 25.3 Å². The molecule has 0 aromatic carbocycles. The summed E-state index contributed by atoms with van der Waals surface area (Å²) < 4.78 is 0. The van der Waals surface area contributed by atoms with Gasteiger partial charge in [0.05, 0.1) is 17.6 Å². The number of amides is 1. The largest absolute Gasteiger partial charge is 0.353 e. The van der Waals surface area contributed by atoms with E-state index in [1.54, 1.807) is 5.51 Å². The topological polar surface area (TPSA) is 54.0 Å². The average Bonchev–Trinajstić information content (AvgIpc) is 2.71. The van der Waals surface area contributed by atoms with Gasteiger partial charge in [0, 0.05) is 11.4 Å². The third-order valence-corrected chi connectivity index (χ3v) is 3.16. The Labute approximate surface area is 93.1 Å². The quantitative estimate of drug-likeness (QED) is 0.790. The lowest BCUT2D eigenvalue weighted by Gasteiger charge is -2.23. The number of piperidine rings is 1. The molecule has 15 heavy (non-hydrogen) atoms. The molecule has 0 unspecified atom stereocenters. The second-order valence-corrected chi connectivity index (χ2v) is 4.47. The third-order valence-electron chi connectivity index (χ3n) is 2.53. The predicted octanol–water partition coefficient (Wildman–Crippen LogP) is 0.554. The highest BCUT2D eigenvalue weighted by atomic mass is 32.1. The van der Waals surface area contributed by atoms with Crippen molar-refractivity contribution in [2.24, 2.45) is 0 Å². The molecule has 0 saturated carbocycles. The molecule has 5 heteroatoms. The Morgan fingerprint density at radius 1 is 1.60 bits per heavy atom. The molecular formula is C10H15N3OS. The lowest BCUT2D eigenvalue weighted by atomic mass is 10.1. The molecular weight excluding hydrogens is 210 g/mol. The van der Waals surface area contributed by atoms with Gasteiger partial charge in [0.2, 0.25) is 5.91 Å². The van der Waals surface area contributed by atoms with Gasteiger partial charge in [0.15, 0.2) is 0 Å². The number of rotatable bonds is 3. The molecule has 0 spiro atoms. The lowest BCUT2D eigenvalue weighted by Crippen LogP contribution is -2.43. The van der Waals surface area contributed by atoms with Gasteiger partial charge in [-0.05, 0) is 25.9 Å². The maximum atomic E-state index is 11.6. The number of aromatic nitrogens is 1. The number of carbonyl (C=O) groups excluding carboxylic acids is 1. The summed E-state index contributed by atoms with van der Waals surface area (Å²) in [7, 11) is 0. The summed E-state index contributed by atoms with van der Waals surface area (Å²) in [5.41, 5.74) is 2.62. The van der Waals surface area contributed by atoms with E-state index < -0.39 is 0 Å². The van der Waals surface area contributed by atoms with Crippen molar-refractivity contribution in [2.75, 3.05) is 13.1 Å². The molecule has 1 saturated heterocycles. The Bertz CT molecular complexity index is 306. The Morgan fingerprint density at radius 3 is 3.07 bits per heavy atom. The minimum Gasteiger partial charge on any atom is -0.353 e. The normalized spacial score (nSPS) is 17.6. The minimum atomic E-state index is 0.0906. The summed E-state index contributed by atoms with van der Waals surface area (Å²) >= 11 is 1.53. The van der Waals surface area contributed by atoms with Crippen molar-refractivity contribution in [3.63, 3.8) is 0 Å². The second-order valence-electron chi connectivity index (χ2n) is 3.75. The number of hydrogen-bond acceptors (Lipinski definition) is 4. The smallest absolute Gasteiger partial charge is 0.226 e. The van der Waals surface area contributed by atoms with Crippen molar-refractivity contribution in [1.29, 1.82) is 0 Å². The first kappa shape index (κ1) is 10.6. The van der Waals surface area contributed by atoms with Gasteiger partial charge in [0.25, 0.3) is 0 Å². The molecule has 0 aliphatic carbocycles. The number of nitrogens with one attached hydrogen (secondary N) is 2. The Kier molecular flexibility index (Phi) is 3.69. The molecule has 2 rings (SSSR count). The first-order chi connectivity index (χ1) is 7.34. The van der Waals surface area contributed by atoms with Gasteiger partial charge < -0.3 is 10.6 Å². The highest BCUT2D eigenvalue weighted by Gasteiger charge is 2.15. The van der Waals surface area contributed by atoms with Gasteiger partial charge in [-0.25, -0.2) is 4.98 Å². The molecule has 1 aliphatic rings. The van der Waals surface area contributed by atoms with Gasteiger partial charge in [0.1, 0.15) is 0 Å². The summed E-state index contributed by atoms with van der Waals surface area (Å²) in [6, 6.07) is 0.345. The van der Waals surface area contributed by atoms with E-state index >= 15 is 0 Å². The molecule has 4 nitrogen and oxygen atoms in total. The van der Waals surface area contributed by atoms with Crippen molar-refractivity contribution < 1.29 is 4.79 Å². The van der Waals surface area contributed by atoms with Crippen LogP contribution in [0.2, 0.25) is 0 Å². The molecule has 1 aromatic rings. The molecule has 1 aliphatic heterocycles. The minimum absolute atomic E-state index is 0.0906. The van der Waals surface area contributed by atoms with Crippen molar-refractivity contribution in [3.05, 3.63) is 16.6 Å². The maximum Gasteiger partial charge on any atom is 0.226 e. The average molecular weight is 225 g/mol. The highest BCUT2D eigenvalue weighted by molar-refractivity contribution is 7.07. The molecule has 1 aromatic heterocycles. The first-order valence-electron chi connectivity index (χ1n) is 5.22. The summed E-state index contributed by atoms with van der Waals surface area (Å²) in [6.07, 6.45) is 2.47. The van der Waals surface area contributed by atoms with E-state index in [0.29, 0.717) is 12.5 Å². The van der Waals surface area contributed by atoms with E-state index in [1.165, 1.54) is 11.3 Å². The third kappa shape index (κ3) is 3.28. The number of thiazole rings is 1. The molecule has 2 N–H and O–H groups in total. The van der Waals surface area contributed by atoms with Crippen molar-refractivity contribution in [1.82, 2.24) is 15.6 Å². The molecule has 82 valence electrons. The molecule has 1 amide bonds. The van der Waals surface area contributed by atoms with Gasteiger partial charge in [-0.2, -0.15) is 0 Å². The molecule has 2 heterocycles. The molecule has 0 bridgehead atoms. The fraction of sp³-hybridized carbons (Fsp3) is 0.600. The predicted molar refractivity (Wildman–Crippen MR) is 59.9 cm³/mol. The van der Waals surface area contributed by atoms with Crippen LogP contribution < -0.4 is 10.6 Å². The van der Waals surface area contributed by atoms with E-state index in [0.717, 1.165) is 31.6 Å². The monoisotopic (exact) mass is 225 g/mol. The van der Waals surface area contributed by atoms with Crippen LogP contribution in [0.25, 0.3) is 0 Å². The van der Waals surface area contributed by atoms with Crippen molar-refractivity contribution >= 4 is 17.2 Å². The van der Waals surface area contributed by atoms with E-state index in [2.05, 4.69) is 15.6 Å². The standard InChI is InChI=1S/C10H15N3OS/c14-10(5-9-6-15-7-12-9)13-8-1-3-11-4-2-8/h6-8,11H,1-5H2,(H,13,14). The summed E-state index contributed by atoms with van der Waals surface area (Å²) in [6.45, 7) is 2.00. The summed E-state index contributed by atoms with van der Waals surface area (Å²) in [5.74, 6) is 0.0906. The fourth-order valence-electron chi connectivity index (χ4n) is 1.73. The summed E-state index contributed by atoms with van der Waals surface area (Å²) in [5, 5.41) is 8.23. The van der Waals surface area contributed by atoms with Crippen LogP contribution >= 0.6 is 11.3 Å². The van der Waals surface area contributed by atoms with Gasteiger partial charge in [-0.15, -0.1) is 11.3 Å². The molecule has 0 radical (unpaired) electrons. The number of hydrogen-bond donors (Lipinski definition) is 2.